The second kappa shape index (κ2) is 4.26. The molecule has 0 heterocycles. The third kappa shape index (κ3) is 2.08. The first-order valence-corrected chi connectivity index (χ1v) is 4.61. The van der Waals surface area contributed by atoms with E-state index in [9.17, 15) is 0 Å². The van der Waals surface area contributed by atoms with E-state index in [-0.39, 0.29) is 0 Å². The number of hydrogen-bond acceptors (Lipinski definition) is 2. The fourth-order valence-electron chi connectivity index (χ4n) is 0.998. The Balaban J connectivity index is 3.03. The largest absolute Gasteiger partial charge is 0.385 e. The van der Waals surface area contributed by atoms with E-state index in [4.69, 9.17) is 5.41 Å². The van der Waals surface area contributed by atoms with Crippen LogP contribution in [0.1, 0.15) is 12.5 Å². The summed E-state index contributed by atoms with van der Waals surface area (Å²) in [6.45, 7) is 2.91. The fourth-order valence-corrected chi connectivity index (χ4v) is 1.36. The maximum Gasteiger partial charge on any atom is 0.0440 e. The Morgan fingerprint density at radius 1 is 1.58 bits per heavy atom. The number of nitrogens with one attached hydrogen (secondary N) is 2. The molecule has 0 aliphatic carbocycles. The van der Waals surface area contributed by atoms with Crippen LogP contribution in [0.2, 0.25) is 0 Å². The predicted molar refractivity (Wildman–Crippen MR) is 56.2 cm³/mol. The minimum absolute atomic E-state index is 0.872. The van der Waals surface area contributed by atoms with Crippen molar-refractivity contribution in [3.8, 4) is 0 Å². The lowest BCUT2D eigenvalue weighted by Crippen LogP contribution is -1.99. The highest BCUT2D eigenvalue weighted by molar-refractivity contribution is 9.10. The Kier molecular flexibility index (Phi) is 3.29. The molecule has 0 atom stereocenters. The minimum atomic E-state index is 0.872. The van der Waals surface area contributed by atoms with Gasteiger partial charge >= 0.3 is 0 Å². The molecule has 0 aromatic heterocycles. The van der Waals surface area contributed by atoms with Gasteiger partial charge in [-0.1, -0.05) is 22.0 Å². The molecule has 0 saturated heterocycles. The standard InChI is InChI=1S/C9H11BrN2/c1-2-12-9-5-8(10)4-3-7(9)6-11/h3-6,11-12H,2H2,1H3. The average Bonchev–Trinajstić information content (AvgIpc) is 2.05. The van der Waals surface area contributed by atoms with Gasteiger partial charge in [0.15, 0.2) is 0 Å². The Morgan fingerprint density at radius 3 is 2.92 bits per heavy atom. The van der Waals surface area contributed by atoms with Gasteiger partial charge < -0.3 is 10.7 Å². The highest BCUT2D eigenvalue weighted by Crippen LogP contribution is 2.19. The number of benzene rings is 1. The van der Waals surface area contributed by atoms with Crippen LogP contribution in [0.4, 0.5) is 5.69 Å². The van der Waals surface area contributed by atoms with Gasteiger partial charge in [0.1, 0.15) is 0 Å². The van der Waals surface area contributed by atoms with Crippen molar-refractivity contribution >= 4 is 27.8 Å². The van der Waals surface area contributed by atoms with Crippen LogP contribution < -0.4 is 5.32 Å². The molecular weight excluding hydrogens is 216 g/mol. The summed E-state index contributed by atoms with van der Waals surface area (Å²) >= 11 is 3.38. The molecule has 0 bridgehead atoms. The van der Waals surface area contributed by atoms with Gasteiger partial charge in [-0.3, -0.25) is 0 Å². The number of halogens is 1. The van der Waals surface area contributed by atoms with E-state index in [2.05, 4.69) is 21.2 Å². The molecule has 0 unspecified atom stereocenters. The molecule has 1 aromatic rings. The van der Waals surface area contributed by atoms with Gasteiger partial charge in [0.05, 0.1) is 0 Å². The Labute approximate surface area is 80.6 Å². The molecule has 3 heteroatoms. The maximum atomic E-state index is 7.15. The summed E-state index contributed by atoms with van der Waals surface area (Å²) in [4.78, 5) is 0. The Morgan fingerprint density at radius 2 is 2.33 bits per heavy atom. The van der Waals surface area contributed by atoms with Crippen molar-refractivity contribution in [3.63, 3.8) is 0 Å². The van der Waals surface area contributed by atoms with Crippen LogP contribution >= 0.6 is 15.9 Å². The van der Waals surface area contributed by atoms with Crippen LogP contribution in [0.3, 0.4) is 0 Å². The second-order valence-electron chi connectivity index (χ2n) is 2.41. The van der Waals surface area contributed by atoms with Crippen LogP contribution in [0, 0.1) is 5.41 Å². The summed E-state index contributed by atoms with van der Waals surface area (Å²) in [5.74, 6) is 0. The van der Waals surface area contributed by atoms with Crippen molar-refractivity contribution in [2.24, 2.45) is 0 Å². The highest BCUT2D eigenvalue weighted by Gasteiger charge is 1.98. The van der Waals surface area contributed by atoms with Gasteiger partial charge in [-0.15, -0.1) is 0 Å². The summed E-state index contributed by atoms with van der Waals surface area (Å²) in [5, 5.41) is 10.3. The summed E-state index contributed by atoms with van der Waals surface area (Å²) < 4.78 is 1.03. The molecule has 1 aromatic carbocycles. The molecule has 0 aliphatic heterocycles. The van der Waals surface area contributed by atoms with Crippen LogP contribution in [-0.4, -0.2) is 12.8 Å². The van der Waals surface area contributed by atoms with E-state index >= 15 is 0 Å². The van der Waals surface area contributed by atoms with E-state index in [1.807, 2.05) is 25.1 Å². The number of hydrogen-bond donors (Lipinski definition) is 2. The van der Waals surface area contributed by atoms with Crippen molar-refractivity contribution in [2.75, 3.05) is 11.9 Å². The van der Waals surface area contributed by atoms with Crippen molar-refractivity contribution in [3.05, 3.63) is 28.2 Å². The molecule has 0 radical (unpaired) electrons. The molecule has 2 nitrogen and oxygen atoms in total. The first-order chi connectivity index (χ1) is 5.77. The summed E-state index contributed by atoms with van der Waals surface area (Å²) in [6, 6.07) is 5.82. The van der Waals surface area contributed by atoms with Crippen molar-refractivity contribution in [2.45, 2.75) is 6.92 Å². The van der Waals surface area contributed by atoms with Gasteiger partial charge in [-0.2, -0.15) is 0 Å². The van der Waals surface area contributed by atoms with Crippen molar-refractivity contribution < 1.29 is 0 Å². The lowest BCUT2D eigenvalue weighted by atomic mass is 10.2. The van der Waals surface area contributed by atoms with Crippen molar-refractivity contribution in [1.82, 2.24) is 0 Å². The zero-order chi connectivity index (χ0) is 8.97. The normalized spacial score (nSPS) is 9.50. The second-order valence-corrected chi connectivity index (χ2v) is 3.32. The zero-order valence-electron chi connectivity index (χ0n) is 6.89. The molecule has 2 N–H and O–H groups in total. The fraction of sp³-hybridized carbons (Fsp3) is 0.222. The predicted octanol–water partition coefficient (Wildman–Crippen LogP) is 2.88. The monoisotopic (exact) mass is 226 g/mol. The van der Waals surface area contributed by atoms with Crippen LogP contribution in [0.25, 0.3) is 0 Å². The van der Waals surface area contributed by atoms with Gasteiger partial charge in [0, 0.05) is 28.5 Å². The van der Waals surface area contributed by atoms with Crippen molar-refractivity contribution in [1.29, 1.82) is 5.41 Å². The van der Waals surface area contributed by atoms with E-state index in [1.165, 1.54) is 6.21 Å². The van der Waals surface area contributed by atoms with E-state index < -0.39 is 0 Å². The molecule has 12 heavy (non-hydrogen) atoms. The Hall–Kier alpha value is -0.830. The molecule has 64 valence electrons. The molecule has 0 spiro atoms. The summed E-state index contributed by atoms with van der Waals surface area (Å²) in [6.07, 6.45) is 1.35. The smallest absolute Gasteiger partial charge is 0.0440 e. The summed E-state index contributed by atoms with van der Waals surface area (Å²) in [5.41, 5.74) is 1.92. The summed E-state index contributed by atoms with van der Waals surface area (Å²) in [7, 11) is 0. The van der Waals surface area contributed by atoms with Gasteiger partial charge in [-0.05, 0) is 19.1 Å². The lowest BCUT2D eigenvalue weighted by molar-refractivity contribution is 1.21. The molecule has 0 amide bonds. The third-order valence-corrected chi connectivity index (χ3v) is 2.03. The van der Waals surface area contributed by atoms with Gasteiger partial charge in [0.25, 0.3) is 0 Å². The Bertz CT molecular complexity index is 284. The van der Waals surface area contributed by atoms with Crippen LogP contribution in [0.5, 0.6) is 0 Å². The molecular formula is C9H11BrN2. The first kappa shape index (κ1) is 9.26. The zero-order valence-corrected chi connectivity index (χ0v) is 8.48. The number of rotatable bonds is 3. The van der Waals surface area contributed by atoms with Crippen LogP contribution in [0.15, 0.2) is 22.7 Å². The molecule has 0 saturated carbocycles. The van der Waals surface area contributed by atoms with E-state index in [1.54, 1.807) is 0 Å². The molecule has 0 fully saturated rings. The van der Waals surface area contributed by atoms with E-state index in [0.29, 0.717) is 0 Å². The quantitative estimate of drug-likeness (QED) is 0.765. The van der Waals surface area contributed by atoms with Gasteiger partial charge in [-0.25, -0.2) is 0 Å². The van der Waals surface area contributed by atoms with Crippen LogP contribution in [-0.2, 0) is 0 Å². The van der Waals surface area contributed by atoms with E-state index in [0.717, 1.165) is 22.3 Å². The first-order valence-electron chi connectivity index (χ1n) is 3.82. The SMILES string of the molecule is CCNc1cc(Br)ccc1C=N. The van der Waals surface area contributed by atoms with Gasteiger partial charge in [0.2, 0.25) is 0 Å². The topological polar surface area (TPSA) is 35.9 Å². The third-order valence-electron chi connectivity index (χ3n) is 1.54. The molecule has 0 aliphatic rings. The molecule has 1 rings (SSSR count). The minimum Gasteiger partial charge on any atom is -0.385 e. The number of anilines is 1. The lowest BCUT2D eigenvalue weighted by Gasteiger charge is -2.06. The highest BCUT2D eigenvalue weighted by atomic mass is 79.9. The maximum absolute atomic E-state index is 7.15. The average molecular weight is 227 g/mol.